The van der Waals surface area contributed by atoms with Crippen LogP contribution in [-0.4, -0.2) is 80.4 Å². The normalized spacial score (nSPS) is 15.2. The standard InChI is InChI=1S/C16H24N2O3S.CH2O2/c1-22(20,21)14-8-16(19)18-12-10-17(11-13-18)9-7-15-5-3-2-4-6-15;2-1-3/h2-6H,7-14H2,1H3;1H,(H,2,3). The summed E-state index contributed by atoms with van der Waals surface area (Å²) in [5, 5.41) is 6.89. The molecule has 2 rings (SSSR count). The molecule has 1 aromatic rings. The second kappa shape index (κ2) is 10.8. The molecule has 1 fully saturated rings. The molecule has 1 amide bonds. The third-order valence-corrected chi connectivity index (χ3v) is 4.92. The average molecular weight is 370 g/mol. The third kappa shape index (κ3) is 9.21. The highest BCUT2D eigenvalue weighted by Crippen LogP contribution is 2.07. The Labute approximate surface area is 149 Å². The molecule has 7 nitrogen and oxygen atoms in total. The molecule has 0 aliphatic carbocycles. The van der Waals surface area contributed by atoms with Gasteiger partial charge < -0.3 is 10.0 Å². The molecule has 1 aromatic carbocycles. The van der Waals surface area contributed by atoms with Crippen molar-refractivity contribution in [3.8, 4) is 0 Å². The summed E-state index contributed by atoms with van der Waals surface area (Å²) in [5.74, 6) is -0.104. The smallest absolute Gasteiger partial charge is 0.290 e. The SMILES string of the molecule is CS(=O)(=O)CCC(=O)N1CCN(CCc2ccccc2)CC1.O=CO. The molecule has 0 radical (unpaired) electrons. The molecular weight excluding hydrogens is 344 g/mol. The lowest BCUT2D eigenvalue weighted by atomic mass is 10.1. The summed E-state index contributed by atoms with van der Waals surface area (Å²) in [5.41, 5.74) is 1.33. The van der Waals surface area contributed by atoms with Gasteiger partial charge in [0, 0.05) is 45.4 Å². The Hall–Kier alpha value is -1.93. The van der Waals surface area contributed by atoms with Gasteiger partial charge in [0.05, 0.1) is 5.75 Å². The van der Waals surface area contributed by atoms with E-state index in [2.05, 4.69) is 17.0 Å². The minimum atomic E-state index is -3.07. The lowest BCUT2D eigenvalue weighted by Crippen LogP contribution is -2.49. The van der Waals surface area contributed by atoms with Gasteiger partial charge in [-0.3, -0.25) is 14.5 Å². The van der Waals surface area contributed by atoms with E-state index in [9.17, 15) is 13.2 Å². The van der Waals surface area contributed by atoms with Crippen LogP contribution in [0.4, 0.5) is 0 Å². The summed E-state index contributed by atoms with van der Waals surface area (Å²) in [6.45, 7) is 3.85. The largest absolute Gasteiger partial charge is 0.483 e. The van der Waals surface area contributed by atoms with Crippen molar-refractivity contribution in [2.45, 2.75) is 12.8 Å². The Morgan fingerprint density at radius 1 is 1.16 bits per heavy atom. The molecule has 0 saturated carbocycles. The van der Waals surface area contributed by atoms with E-state index in [0.717, 1.165) is 26.1 Å². The predicted molar refractivity (Wildman–Crippen MR) is 96.2 cm³/mol. The van der Waals surface area contributed by atoms with E-state index in [-0.39, 0.29) is 24.6 Å². The lowest BCUT2D eigenvalue weighted by Gasteiger charge is -2.34. The quantitative estimate of drug-likeness (QED) is 0.733. The van der Waals surface area contributed by atoms with E-state index < -0.39 is 9.84 Å². The van der Waals surface area contributed by atoms with E-state index in [1.165, 1.54) is 11.8 Å². The van der Waals surface area contributed by atoms with Crippen LogP contribution in [0.15, 0.2) is 30.3 Å². The molecule has 8 heteroatoms. The second-order valence-corrected chi connectivity index (χ2v) is 8.20. The van der Waals surface area contributed by atoms with Gasteiger partial charge in [0.1, 0.15) is 9.84 Å². The Bertz CT molecular complexity index is 626. The summed E-state index contributed by atoms with van der Waals surface area (Å²) < 4.78 is 22.2. The number of piperazine rings is 1. The van der Waals surface area contributed by atoms with E-state index in [1.54, 1.807) is 4.90 Å². The maximum atomic E-state index is 12.0. The number of carboxylic acid groups (broad SMARTS) is 1. The van der Waals surface area contributed by atoms with Crippen molar-refractivity contribution in [3.05, 3.63) is 35.9 Å². The highest BCUT2D eigenvalue weighted by atomic mass is 32.2. The number of sulfone groups is 1. The van der Waals surface area contributed by atoms with Crippen LogP contribution in [0.3, 0.4) is 0 Å². The predicted octanol–water partition coefficient (Wildman–Crippen LogP) is 0.509. The molecule has 140 valence electrons. The number of hydrogen-bond donors (Lipinski definition) is 1. The maximum absolute atomic E-state index is 12.0. The van der Waals surface area contributed by atoms with Gasteiger partial charge in [-0.1, -0.05) is 30.3 Å². The molecule has 0 spiro atoms. The molecular formula is C17H26N2O5S. The van der Waals surface area contributed by atoms with Gasteiger partial charge in [-0.15, -0.1) is 0 Å². The van der Waals surface area contributed by atoms with Crippen molar-refractivity contribution in [2.24, 2.45) is 0 Å². The zero-order valence-electron chi connectivity index (χ0n) is 14.5. The summed E-state index contributed by atoms with van der Waals surface area (Å²) in [6, 6.07) is 10.4. The Balaban J connectivity index is 0.000000970. The molecule has 1 saturated heterocycles. The first kappa shape index (κ1) is 21.1. The van der Waals surface area contributed by atoms with Crippen LogP contribution in [0.25, 0.3) is 0 Å². The summed E-state index contributed by atoms with van der Waals surface area (Å²) in [7, 11) is -3.07. The van der Waals surface area contributed by atoms with Crippen molar-refractivity contribution in [1.29, 1.82) is 0 Å². The molecule has 1 aliphatic heterocycles. The molecule has 25 heavy (non-hydrogen) atoms. The molecule has 1 aliphatic rings. The van der Waals surface area contributed by atoms with Crippen molar-refractivity contribution < 1.29 is 23.1 Å². The number of carbonyl (C=O) groups is 2. The van der Waals surface area contributed by atoms with E-state index in [1.807, 2.05) is 18.2 Å². The highest BCUT2D eigenvalue weighted by molar-refractivity contribution is 7.90. The molecule has 1 N–H and O–H groups in total. The van der Waals surface area contributed by atoms with E-state index in [4.69, 9.17) is 9.90 Å². The van der Waals surface area contributed by atoms with Gasteiger partial charge in [0.15, 0.2) is 0 Å². The Kier molecular flexibility index (Phi) is 9.15. The fraction of sp³-hybridized carbons (Fsp3) is 0.529. The topological polar surface area (TPSA) is 95.0 Å². The number of amides is 1. The van der Waals surface area contributed by atoms with Gasteiger partial charge in [-0.05, 0) is 12.0 Å². The first-order valence-corrected chi connectivity index (χ1v) is 10.2. The fourth-order valence-corrected chi connectivity index (χ4v) is 3.13. The third-order valence-electron chi connectivity index (χ3n) is 3.97. The van der Waals surface area contributed by atoms with Crippen LogP contribution < -0.4 is 0 Å². The number of rotatable bonds is 6. The first-order valence-electron chi connectivity index (χ1n) is 8.15. The van der Waals surface area contributed by atoms with Crippen LogP contribution >= 0.6 is 0 Å². The Morgan fingerprint density at radius 3 is 2.24 bits per heavy atom. The van der Waals surface area contributed by atoms with Crippen LogP contribution in [0.1, 0.15) is 12.0 Å². The highest BCUT2D eigenvalue weighted by Gasteiger charge is 2.21. The van der Waals surface area contributed by atoms with E-state index >= 15 is 0 Å². The van der Waals surface area contributed by atoms with Crippen molar-refractivity contribution >= 4 is 22.2 Å². The number of benzene rings is 1. The minimum Gasteiger partial charge on any atom is -0.483 e. The Morgan fingerprint density at radius 2 is 1.72 bits per heavy atom. The van der Waals surface area contributed by atoms with Crippen LogP contribution in [0.5, 0.6) is 0 Å². The summed E-state index contributed by atoms with van der Waals surface area (Å²) in [6.07, 6.45) is 2.29. The van der Waals surface area contributed by atoms with Gasteiger partial charge in [-0.2, -0.15) is 0 Å². The fourth-order valence-electron chi connectivity index (χ4n) is 2.58. The van der Waals surface area contributed by atoms with Gasteiger partial charge in [-0.25, -0.2) is 8.42 Å². The van der Waals surface area contributed by atoms with Gasteiger partial charge in [0.25, 0.3) is 6.47 Å². The molecule has 0 unspecified atom stereocenters. The average Bonchev–Trinajstić information content (AvgIpc) is 2.59. The molecule has 0 aromatic heterocycles. The summed E-state index contributed by atoms with van der Waals surface area (Å²) in [4.78, 5) is 24.5. The minimum absolute atomic E-state index is 0.0480. The van der Waals surface area contributed by atoms with Gasteiger partial charge >= 0.3 is 0 Å². The molecule has 1 heterocycles. The zero-order chi connectivity index (χ0) is 18.7. The zero-order valence-corrected chi connectivity index (χ0v) is 15.3. The maximum Gasteiger partial charge on any atom is 0.290 e. The number of carbonyl (C=O) groups excluding carboxylic acids is 1. The van der Waals surface area contributed by atoms with Crippen LogP contribution in [-0.2, 0) is 25.8 Å². The first-order chi connectivity index (χ1) is 11.9. The molecule has 0 bridgehead atoms. The summed E-state index contributed by atoms with van der Waals surface area (Å²) >= 11 is 0. The number of nitrogens with zero attached hydrogens (tertiary/aromatic N) is 2. The second-order valence-electron chi connectivity index (χ2n) is 5.94. The lowest BCUT2D eigenvalue weighted by molar-refractivity contribution is -0.132. The van der Waals surface area contributed by atoms with Crippen molar-refractivity contribution in [1.82, 2.24) is 9.80 Å². The van der Waals surface area contributed by atoms with Gasteiger partial charge in [0.2, 0.25) is 5.91 Å². The molecule has 0 atom stereocenters. The monoisotopic (exact) mass is 370 g/mol. The number of hydrogen-bond acceptors (Lipinski definition) is 5. The van der Waals surface area contributed by atoms with Crippen LogP contribution in [0.2, 0.25) is 0 Å². The van der Waals surface area contributed by atoms with E-state index in [0.29, 0.717) is 13.1 Å². The van der Waals surface area contributed by atoms with Crippen molar-refractivity contribution in [3.63, 3.8) is 0 Å². The van der Waals surface area contributed by atoms with Crippen LogP contribution in [0, 0.1) is 0 Å². The van der Waals surface area contributed by atoms with Crippen molar-refractivity contribution in [2.75, 3.05) is 44.7 Å².